The van der Waals surface area contributed by atoms with E-state index in [2.05, 4.69) is 57.4 Å². The van der Waals surface area contributed by atoms with Gasteiger partial charge in [0.2, 0.25) is 0 Å². The molecule has 3 nitrogen and oxygen atoms in total. The van der Waals surface area contributed by atoms with Gasteiger partial charge in [0, 0.05) is 20.5 Å². The lowest BCUT2D eigenvalue weighted by Gasteiger charge is -2.12. The molecule has 0 spiro atoms. The molecule has 5 heteroatoms. The average molecular weight is 457 g/mol. The molecule has 0 bridgehead atoms. The molecule has 0 unspecified atom stereocenters. The van der Waals surface area contributed by atoms with Gasteiger partial charge >= 0.3 is 0 Å². The number of nitrogens with zero attached hydrogens (tertiary/aromatic N) is 2. The van der Waals surface area contributed by atoms with Gasteiger partial charge in [0.1, 0.15) is 23.0 Å². The van der Waals surface area contributed by atoms with Crippen molar-refractivity contribution in [2.45, 2.75) is 13.3 Å². The number of hydrogen-bond donors (Lipinski definition) is 1. The van der Waals surface area contributed by atoms with E-state index < -0.39 is 0 Å². The highest BCUT2D eigenvalue weighted by Gasteiger charge is 2.18. The van der Waals surface area contributed by atoms with Crippen molar-refractivity contribution >= 4 is 39.7 Å². The first kappa shape index (κ1) is 17.0. The number of hydrogen-bond acceptors (Lipinski definition) is 2. The van der Waals surface area contributed by atoms with E-state index >= 15 is 0 Å². The summed E-state index contributed by atoms with van der Waals surface area (Å²) < 4.78 is 16.6. The van der Waals surface area contributed by atoms with Crippen molar-refractivity contribution < 1.29 is 4.39 Å². The highest BCUT2D eigenvalue weighted by molar-refractivity contribution is 14.1. The van der Waals surface area contributed by atoms with Crippen LogP contribution in [0.5, 0.6) is 0 Å². The van der Waals surface area contributed by atoms with E-state index in [9.17, 15) is 4.39 Å². The van der Waals surface area contributed by atoms with Gasteiger partial charge < -0.3 is 5.32 Å². The minimum atomic E-state index is -0.249. The monoisotopic (exact) mass is 457 g/mol. The molecule has 2 aromatic carbocycles. The fraction of sp³-hybridized carbons (Fsp3) is 0.0952. The van der Waals surface area contributed by atoms with Crippen molar-refractivity contribution in [3.8, 4) is 11.3 Å². The van der Waals surface area contributed by atoms with Crippen LogP contribution < -0.4 is 5.32 Å². The Morgan fingerprint density at radius 2 is 1.77 bits per heavy atom. The Kier molecular flexibility index (Phi) is 4.63. The second-order valence-electron chi connectivity index (χ2n) is 5.99. The molecule has 4 rings (SSSR count). The highest BCUT2D eigenvalue weighted by atomic mass is 127. The normalized spacial score (nSPS) is 11.0. The largest absolute Gasteiger partial charge is 0.339 e. The number of pyridine rings is 1. The highest BCUT2D eigenvalue weighted by Crippen LogP contribution is 2.34. The van der Waals surface area contributed by atoms with Crippen LogP contribution in [0.2, 0.25) is 0 Å². The van der Waals surface area contributed by atoms with Crippen molar-refractivity contribution in [3.63, 3.8) is 0 Å². The molecule has 26 heavy (non-hydrogen) atoms. The fourth-order valence-corrected chi connectivity index (χ4v) is 3.71. The quantitative estimate of drug-likeness (QED) is 0.378. The molecule has 0 atom stereocenters. The van der Waals surface area contributed by atoms with Gasteiger partial charge in [-0.15, -0.1) is 0 Å². The first-order valence-corrected chi connectivity index (χ1v) is 9.53. The molecule has 0 saturated carbocycles. The van der Waals surface area contributed by atoms with Gasteiger partial charge in [0.25, 0.3) is 0 Å². The van der Waals surface area contributed by atoms with Crippen LogP contribution >= 0.6 is 22.6 Å². The van der Waals surface area contributed by atoms with Crippen molar-refractivity contribution in [1.29, 1.82) is 0 Å². The maximum absolute atomic E-state index is 13.3. The smallest absolute Gasteiger partial charge is 0.143 e. The Hall–Kier alpha value is -2.41. The SMILES string of the molecule is CCc1cccc2nc(-c3ccccc3I)c(Nc3ccc(F)cc3)n12. The van der Waals surface area contributed by atoms with Crippen molar-refractivity contribution in [2.75, 3.05) is 5.32 Å². The summed E-state index contributed by atoms with van der Waals surface area (Å²) in [5.74, 6) is 0.647. The number of aryl methyl sites for hydroxylation is 1. The van der Waals surface area contributed by atoms with E-state index in [-0.39, 0.29) is 5.82 Å². The van der Waals surface area contributed by atoms with Crippen LogP contribution in [0.1, 0.15) is 12.6 Å². The minimum absolute atomic E-state index is 0.249. The molecule has 2 aromatic heterocycles. The van der Waals surface area contributed by atoms with Crippen LogP contribution in [0, 0.1) is 9.39 Å². The third kappa shape index (κ3) is 3.07. The number of fused-ring (bicyclic) bond motifs is 1. The van der Waals surface area contributed by atoms with Gasteiger partial charge in [-0.3, -0.25) is 4.40 Å². The third-order valence-electron chi connectivity index (χ3n) is 4.32. The molecular formula is C21H17FIN3. The van der Waals surface area contributed by atoms with Crippen molar-refractivity contribution in [1.82, 2.24) is 9.38 Å². The summed E-state index contributed by atoms with van der Waals surface area (Å²) in [6.07, 6.45) is 0.886. The molecule has 0 radical (unpaired) electrons. The molecule has 130 valence electrons. The first-order valence-electron chi connectivity index (χ1n) is 8.45. The predicted octanol–water partition coefficient (Wildman–Crippen LogP) is 6.05. The number of anilines is 2. The van der Waals surface area contributed by atoms with Crippen LogP contribution in [0.3, 0.4) is 0 Å². The van der Waals surface area contributed by atoms with Crippen molar-refractivity contribution in [3.05, 3.63) is 81.8 Å². The summed E-state index contributed by atoms with van der Waals surface area (Å²) in [6.45, 7) is 2.13. The lowest BCUT2D eigenvalue weighted by Crippen LogP contribution is -2.01. The molecule has 0 amide bonds. The fourth-order valence-electron chi connectivity index (χ4n) is 3.06. The molecular weight excluding hydrogens is 440 g/mol. The van der Waals surface area contributed by atoms with Crippen LogP contribution in [0.4, 0.5) is 15.9 Å². The van der Waals surface area contributed by atoms with Gasteiger partial charge in [0.05, 0.1) is 0 Å². The molecule has 1 N–H and O–H groups in total. The van der Waals surface area contributed by atoms with E-state index in [0.29, 0.717) is 0 Å². The van der Waals surface area contributed by atoms with Gasteiger partial charge in [-0.2, -0.15) is 0 Å². The second-order valence-corrected chi connectivity index (χ2v) is 7.15. The van der Waals surface area contributed by atoms with E-state index in [0.717, 1.165) is 44.1 Å². The summed E-state index contributed by atoms with van der Waals surface area (Å²) in [5, 5.41) is 3.45. The Morgan fingerprint density at radius 3 is 2.50 bits per heavy atom. The van der Waals surface area contributed by atoms with Crippen LogP contribution in [-0.4, -0.2) is 9.38 Å². The maximum Gasteiger partial charge on any atom is 0.143 e. The Morgan fingerprint density at radius 1 is 1.00 bits per heavy atom. The summed E-state index contributed by atoms with van der Waals surface area (Å²) in [6, 6.07) is 20.7. The number of aromatic nitrogens is 2. The Labute approximate surface area is 165 Å². The van der Waals surface area contributed by atoms with E-state index in [4.69, 9.17) is 4.98 Å². The van der Waals surface area contributed by atoms with Crippen LogP contribution in [-0.2, 0) is 6.42 Å². The van der Waals surface area contributed by atoms with E-state index in [1.165, 1.54) is 12.1 Å². The zero-order chi connectivity index (χ0) is 18.1. The summed E-state index contributed by atoms with van der Waals surface area (Å²) >= 11 is 2.33. The summed E-state index contributed by atoms with van der Waals surface area (Å²) in [4.78, 5) is 4.89. The summed E-state index contributed by atoms with van der Waals surface area (Å²) in [7, 11) is 0. The zero-order valence-electron chi connectivity index (χ0n) is 14.2. The van der Waals surface area contributed by atoms with Gasteiger partial charge in [-0.05, 0) is 71.5 Å². The minimum Gasteiger partial charge on any atom is -0.339 e. The Balaban J connectivity index is 1.96. The number of halogens is 2. The van der Waals surface area contributed by atoms with Crippen LogP contribution in [0.15, 0.2) is 66.7 Å². The number of rotatable bonds is 4. The lowest BCUT2D eigenvalue weighted by molar-refractivity contribution is 0.628. The first-order chi connectivity index (χ1) is 12.7. The standard InChI is InChI=1S/C21H17FIN3/c1-2-16-6-5-9-19-25-20(17-7-3-4-8-18(17)23)21(26(16)19)24-15-12-10-14(22)11-13-15/h3-13,24H,2H2,1H3. The van der Waals surface area contributed by atoms with Gasteiger partial charge in [-0.25, -0.2) is 9.37 Å². The van der Waals surface area contributed by atoms with Crippen molar-refractivity contribution in [2.24, 2.45) is 0 Å². The van der Waals surface area contributed by atoms with Crippen LogP contribution in [0.25, 0.3) is 16.9 Å². The number of nitrogens with one attached hydrogen (secondary N) is 1. The molecule has 0 aliphatic carbocycles. The topological polar surface area (TPSA) is 29.3 Å². The summed E-state index contributed by atoms with van der Waals surface area (Å²) in [5.41, 5.74) is 4.84. The molecule has 2 heterocycles. The van der Waals surface area contributed by atoms with Gasteiger partial charge in [0.15, 0.2) is 0 Å². The Bertz CT molecular complexity index is 1070. The molecule has 0 aliphatic rings. The average Bonchev–Trinajstić information content (AvgIpc) is 3.02. The zero-order valence-corrected chi connectivity index (χ0v) is 16.4. The predicted molar refractivity (Wildman–Crippen MR) is 112 cm³/mol. The van der Waals surface area contributed by atoms with Gasteiger partial charge in [-0.1, -0.05) is 31.2 Å². The maximum atomic E-state index is 13.3. The molecule has 4 aromatic rings. The third-order valence-corrected chi connectivity index (χ3v) is 5.26. The number of imidazole rings is 1. The number of benzene rings is 2. The lowest BCUT2D eigenvalue weighted by atomic mass is 10.1. The van der Waals surface area contributed by atoms with E-state index in [1.54, 1.807) is 12.1 Å². The second kappa shape index (κ2) is 7.07. The molecule has 0 fully saturated rings. The molecule has 0 aliphatic heterocycles. The molecule has 0 saturated heterocycles. The van der Waals surface area contributed by atoms with E-state index in [1.807, 2.05) is 24.3 Å².